The van der Waals surface area contributed by atoms with Crippen LogP contribution in [0.15, 0.2) is 30.3 Å². The van der Waals surface area contributed by atoms with Crippen LogP contribution in [0.2, 0.25) is 0 Å². The molecule has 1 heterocycles. The number of ether oxygens (including phenoxy) is 1. The zero-order valence-electron chi connectivity index (χ0n) is 10.5. The maximum Gasteiger partial charge on any atom is 0.127 e. The van der Waals surface area contributed by atoms with Crippen molar-refractivity contribution in [3.8, 4) is 5.75 Å². The van der Waals surface area contributed by atoms with Crippen LogP contribution in [-0.2, 0) is 0 Å². The van der Waals surface area contributed by atoms with Gasteiger partial charge in [0, 0.05) is 19.2 Å². The molecule has 2 atom stereocenters. The lowest BCUT2D eigenvalue weighted by Crippen LogP contribution is -2.64. The number of likely N-dealkylation sites (tertiary alicyclic amines) is 1. The van der Waals surface area contributed by atoms with E-state index in [4.69, 9.17) is 9.84 Å². The van der Waals surface area contributed by atoms with Crippen molar-refractivity contribution in [1.82, 2.24) is 4.90 Å². The van der Waals surface area contributed by atoms with Crippen LogP contribution >= 0.6 is 0 Å². The van der Waals surface area contributed by atoms with Gasteiger partial charge in [0.15, 0.2) is 0 Å². The molecule has 0 saturated carbocycles. The third-order valence-corrected chi connectivity index (χ3v) is 3.36. The van der Waals surface area contributed by atoms with E-state index in [0.29, 0.717) is 12.1 Å². The van der Waals surface area contributed by atoms with E-state index >= 15 is 0 Å². The average molecular weight is 235 g/mol. The molecule has 0 amide bonds. The summed E-state index contributed by atoms with van der Waals surface area (Å²) in [6.07, 6.45) is 1.00. The minimum atomic E-state index is 0.215. The fourth-order valence-corrected chi connectivity index (χ4v) is 2.41. The summed E-state index contributed by atoms with van der Waals surface area (Å²) in [5, 5.41) is 9.10. The lowest BCUT2D eigenvalue weighted by Gasteiger charge is -2.49. The van der Waals surface area contributed by atoms with Gasteiger partial charge in [-0.1, -0.05) is 18.2 Å². The van der Waals surface area contributed by atoms with Gasteiger partial charge in [0.2, 0.25) is 0 Å². The number of aliphatic hydroxyl groups excluding tert-OH is 1. The number of para-hydroxylation sites is 1. The second kappa shape index (κ2) is 5.52. The SMILES string of the molecule is CC(C)N1C[C@@H](Oc2ccccc2)[C@H]1CCO. The van der Waals surface area contributed by atoms with E-state index in [1.807, 2.05) is 30.3 Å². The van der Waals surface area contributed by atoms with Gasteiger partial charge in [0.25, 0.3) is 0 Å². The first-order chi connectivity index (χ1) is 8.22. The molecule has 1 aromatic rings. The van der Waals surface area contributed by atoms with Crippen molar-refractivity contribution < 1.29 is 9.84 Å². The number of benzene rings is 1. The summed E-state index contributed by atoms with van der Waals surface area (Å²) >= 11 is 0. The van der Waals surface area contributed by atoms with E-state index in [0.717, 1.165) is 18.7 Å². The van der Waals surface area contributed by atoms with Gasteiger partial charge in [-0.25, -0.2) is 0 Å². The van der Waals surface area contributed by atoms with E-state index in [1.54, 1.807) is 0 Å². The van der Waals surface area contributed by atoms with Crippen LogP contribution in [-0.4, -0.2) is 41.3 Å². The van der Waals surface area contributed by atoms with Crippen LogP contribution in [0.1, 0.15) is 20.3 Å². The maximum absolute atomic E-state index is 9.10. The molecule has 0 unspecified atom stereocenters. The Morgan fingerprint density at radius 2 is 2.06 bits per heavy atom. The molecule has 17 heavy (non-hydrogen) atoms. The summed E-state index contributed by atoms with van der Waals surface area (Å²) < 4.78 is 5.94. The lowest BCUT2D eigenvalue weighted by atomic mass is 9.94. The first-order valence-corrected chi connectivity index (χ1v) is 6.30. The largest absolute Gasteiger partial charge is 0.487 e. The van der Waals surface area contributed by atoms with E-state index in [-0.39, 0.29) is 12.7 Å². The highest BCUT2D eigenvalue weighted by atomic mass is 16.5. The second-order valence-electron chi connectivity index (χ2n) is 4.84. The lowest BCUT2D eigenvalue weighted by molar-refractivity contribution is -0.0718. The molecule has 1 aliphatic rings. The zero-order chi connectivity index (χ0) is 12.3. The van der Waals surface area contributed by atoms with Crippen molar-refractivity contribution in [2.45, 2.75) is 38.5 Å². The van der Waals surface area contributed by atoms with E-state index in [9.17, 15) is 0 Å². The molecule has 3 heteroatoms. The molecule has 3 nitrogen and oxygen atoms in total. The van der Waals surface area contributed by atoms with Gasteiger partial charge >= 0.3 is 0 Å². The predicted molar refractivity (Wildman–Crippen MR) is 68.2 cm³/mol. The topological polar surface area (TPSA) is 32.7 Å². The molecule has 1 aromatic carbocycles. The number of hydrogen-bond donors (Lipinski definition) is 1. The van der Waals surface area contributed by atoms with Crippen LogP contribution in [0.5, 0.6) is 5.75 Å². The first-order valence-electron chi connectivity index (χ1n) is 6.30. The monoisotopic (exact) mass is 235 g/mol. The number of nitrogens with zero attached hydrogens (tertiary/aromatic N) is 1. The van der Waals surface area contributed by atoms with Gasteiger partial charge < -0.3 is 9.84 Å². The molecule has 0 aromatic heterocycles. The van der Waals surface area contributed by atoms with Gasteiger partial charge in [-0.2, -0.15) is 0 Å². The third kappa shape index (κ3) is 2.79. The molecule has 1 aliphatic heterocycles. The van der Waals surface area contributed by atoms with Crippen molar-refractivity contribution in [1.29, 1.82) is 0 Å². The van der Waals surface area contributed by atoms with E-state index in [1.165, 1.54) is 0 Å². The fourth-order valence-electron chi connectivity index (χ4n) is 2.41. The molecular weight excluding hydrogens is 214 g/mol. The predicted octanol–water partition coefficient (Wildman–Crippen LogP) is 1.91. The number of rotatable bonds is 5. The summed E-state index contributed by atoms with van der Waals surface area (Å²) in [5.41, 5.74) is 0. The second-order valence-corrected chi connectivity index (χ2v) is 4.84. The number of aliphatic hydroxyl groups is 1. The van der Waals surface area contributed by atoms with Crippen LogP contribution in [0.25, 0.3) is 0 Å². The standard InChI is InChI=1S/C14H21NO2/c1-11(2)15-10-14(13(15)8-9-16)17-12-6-4-3-5-7-12/h3-7,11,13-14,16H,8-10H2,1-2H3/t13-,14-/m1/s1. The van der Waals surface area contributed by atoms with Crippen molar-refractivity contribution in [3.05, 3.63) is 30.3 Å². The molecule has 1 saturated heterocycles. The van der Waals surface area contributed by atoms with Crippen molar-refractivity contribution >= 4 is 0 Å². The van der Waals surface area contributed by atoms with Crippen LogP contribution in [0.3, 0.4) is 0 Å². The third-order valence-electron chi connectivity index (χ3n) is 3.36. The summed E-state index contributed by atoms with van der Waals surface area (Å²) in [6, 6.07) is 10.8. The Hall–Kier alpha value is -1.06. The van der Waals surface area contributed by atoms with Gasteiger partial charge in [0.05, 0.1) is 6.04 Å². The first kappa shape index (κ1) is 12.4. The Kier molecular flexibility index (Phi) is 4.02. The fraction of sp³-hybridized carbons (Fsp3) is 0.571. The van der Waals surface area contributed by atoms with E-state index in [2.05, 4.69) is 18.7 Å². The highest BCUT2D eigenvalue weighted by Gasteiger charge is 2.41. The average Bonchev–Trinajstić information content (AvgIpc) is 2.32. The molecule has 0 bridgehead atoms. The van der Waals surface area contributed by atoms with Gasteiger partial charge in [-0.15, -0.1) is 0 Å². The summed E-state index contributed by atoms with van der Waals surface area (Å²) in [5.74, 6) is 0.920. The molecule has 0 spiro atoms. The molecule has 1 N–H and O–H groups in total. The number of hydrogen-bond acceptors (Lipinski definition) is 3. The molecule has 0 radical (unpaired) electrons. The van der Waals surface area contributed by atoms with Gasteiger partial charge in [0.1, 0.15) is 11.9 Å². The molecule has 2 rings (SSSR count). The van der Waals surface area contributed by atoms with Crippen LogP contribution < -0.4 is 4.74 Å². The van der Waals surface area contributed by atoms with Crippen molar-refractivity contribution in [2.75, 3.05) is 13.2 Å². The summed E-state index contributed by atoms with van der Waals surface area (Å²) in [6.45, 7) is 5.55. The summed E-state index contributed by atoms with van der Waals surface area (Å²) in [7, 11) is 0. The smallest absolute Gasteiger partial charge is 0.127 e. The van der Waals surface area contributed by atoms with Gasteiger partial charge in [-0.05, 0) is 32.4 Å². The molecular formula is C14H21NO2. The van der Waals surface area contributed by atoms with Crippen molar-refractivity contribution in [3.63, 3.8) is 0 Å². The van der Waals surface area contributed by atoms with Crippen molar-refractivity contribution in [2.24, 2.45) is 0 Å². The maximum atomic E-state index is 9.10. The minimum Gasteiger partial charge on any atom is -0.487 e. The molecule has 0 aliphatic carbocycles. The Bertz CT molecular complexity index is 339. The van der Waals surface area contributed by atoms with E-state index < -0.39 is 0 Å². The molecule has 1 fully saturated rings. The minimum absolute atomic E-state index is 0.215. The Morgan fingerprint density at radius 3 is 2.65 bits per heavy atom. The highest BCUT2D eigenvalue weighted by molar-refractivity contribution is 5.22. The zero-order valence-corrected chi connectivity index (χ0v) is 10.5. The summed E-state index contributed by atoms with van der Waals surface area (Å²) in [4.78, 5) is 2.38. The Morgan fingerprint density at radius 1 is 1.35 bits per heavy atom. The normalized spacial score (nSPS) is 24.7. The van der Waals surface area contributed by atoms with Crippen LogP contribution in [0, 0.1) is 0 Å². The molecule has 94 valence electrons. The van der Waals surface area contributed by atoms with Crippen LogP contribution in [0.4, 0.5) is 0 Å². The highest BCUT2D eigenvalue weighted by Crippen LogP contribution is 2.27. The Labute approximate surface area is 103 Å². The Balaban J connectivity index is 1.94. The quantitative estimate of drug-likeness (QED) is 0.846. The van der Waals surface area contributed by atoms with Gasteiger partial charge in [-0.3, -0.25) is 4.90 Å².